The molecule has 1 amide bonds. The number of carbonyl (C=O) groups excluding carboxylic acids is 1. The van der Waals surface area contributed by atoms with Crippen molar-refractivity contribution >= 4 is 17.5 Å². The van der Waals surface area contributed by atoms with Gasteiger partial charge in [-0.25, -0.2) is 0 Å². The van der Waals surface area contributed by atoms with Gasteiger partial charge in [-0.05, 0) is 19.8 Å². The maximum absolute atomic E-state index is 11.5. The van der Waals surface area contributed by atoms with E-state index in [2.05, 4.69) is 6.58 Å². The molecule has 2 nitrogen and oxygen atoms in total. The summed E-state index contributed by atoms with van der Waals surface area (Å²) in [6, 6.07) is 0.427. The fourth-order valence-electron chi connectivity index (χ4n) is 1.17. The SMILES string of the molecule is C=CCN(C(=O)C(C)Cl)C1CC1. The van der Waals surface area contributed by atoms with Crippen LogP contribution in [0.2, 0.25) is 0 Å². The molecule has 0 aromatic rings. The smallest absolute Gasteiger partial charge is 0.240 e. The van der Waals surface area contributed by atoms with Crippen LogP contribution in [0.25, 0.3) is 0 Å². The van der Waals surface area contributed by atoms with Crippen molar-refractivity contribution in [3.8, 4) is 0 Å². The second kappa shape index (κ2) is 3.94. The van der Waals surface area contributed by atoms with Crippen LogP contribution in [0.4, 0.5) is 0 Å². The van der Waals surface area contributed by atoms with Gasteiger partial charge in [0.2, 0.25) is 5.91 Å². The minimum absolute atomic E-state index is 0.0269. The Morgan fingerprint density at radius 2 is 2.42 bits per heavy atom. The van der Waals surface area contributed by atoms with Crippen molar-refractivity contribution in [2.75, 3.05) is 6.54 Å². The minimum Gasteiger partial charge on any atom is -0.335 e. The zero-order valence-electron chi connectivity index (χ0n) is 7.29. The predicted molar refractivity (Wildman–Crippen MR) is 50.2 cm³/mol. The lowest BCUT2D eigenvalue weighted by Gasteiger charge is -2.21. The van der Waals surface area contributed by atoms with Gasteiger partial charge in [0, 0.05) is 12.6 Å². The summed E-state index contributed by atoms with van der Waals surface area (Å²) < 4.78 is 0. The van der Waals surface area contributed by atoms with E-state index in [9.17, 15) is 4.79 Å². The van der Waals surface area contributed by atoms with E-state index < -0.39 is 5.38 Å². The summed E-state index contributed by atoms with van der Waals surface area (Å²) in [4.78, 5) is 13.3. The zero-order chi connectivity index (χ0) is 9.14. The summed E-state index contributed by atoms with van der Waals surface area (Å²) in [5.74, 6) is 0.0269. The van der Waals surface area contributed by atoms with Crippen LogP contribution >= 0.6 is 11.6 Å². The Morgan fingerprint density at radius 3 is 2.75 bits per heavy atom. The highest BCUT2D eigenvalue weighted by atomic mass is 35.5. The number of hydrogen-bond donors (Lipinski definition) is 0. The Bertz CT molecular complexity index is 187. The molecule has 0 bridgehead atoms. The maximum Gasteiger partial charge on any atom is 0.240 e. The third-order valence-corrected chi connectivity index (χ3v) is 2.12. The Kier molecular flexibility index (Phi) is 3.15. The van der Waals surface area contributed by atoms with Gasteiger partial charge >= 0.3 is 0 Å². The third kappa shape index (κ3) is 2.24. The van der Waals surface area contributed by atoms with Gasteiger partial charge in [-0.2, -0.15) is 0 Å². The molecule has 0 aromatic heterocycles. The van der Waals surface area contributed by atoms with E-state index in [1.807, 2.05) is 4.90 Å². The van der Waals surface area contributed by atoms with Crippen LogP contribution in [0.15, 0.2) is 12.7 Å². The summed E-state index contributed by atoms with van der Waals surface area (Å²) in [5, 5.41) is -0.412. The second-order valence-corrected chi connectivity index (χ2v) is 3.78. The minimum atomic E-state index is -0.412. The van der Waals surface area contributed by atoms with Crippen molar-refractivity contribution < 1.29 is 4.79 Å². The van der Waals surface area contributed by atoms with E-state index in [-0.39, 0.29) is 5.91 Å². The number of amides is 1. The van der Waals surface area contributed by atoms with Crippen molar-refractivity contribution in [2.24, 2.45) is 0 Å². The molecule has 68 valence electrons. The lowest BCUT2D eigenvalue weighted by Crippen LogP contribution is -2.37. The molecule has 3 heteroatoms. The molecule has 1 rings (SSSR count). The molecule has 1 unspecified atom stereocenters. The number of nitrogens with zero attached hydrogens (tertiary/aromatic N) is 1. The topological polar surface area (TPSA) is 20.3 Å². The largest absolute Gasteiger partial charge is 0.335 e. The van der Waals surface area contributed by atoms with Gasteiger partial charge in [-0.1, -0.05) is 6.08 Å². The lowest BCUT2D eigenvalue weighted by atomic mass is 10.3. The Hall–Kier alpha value is -0.500. The van der Waals surface area contributed by atoms with Crippen LogP contribution < -0.4 is 0 Å². The van der Waals surface area contributed by atoms with Crippen LogP contribution in [0.1, 0.15) is 19.8 Å². The van der Waals surface area contributed by atoms with Crippen LogP contribution in [0.3, 0.4) is 0 Å². The second-order valence-electron chi connectivity index (χ2n) is 3.13. The van der Waals surface area contributed by atoms with Gasteiger partial charge in [0.25, 0.3) is 0 Å². The monoisotopic (exact) mass is 187 g/mol. The summed E-state index contributed by atoms with van der Waals surface area (Å²) in [7, 11) is 0. The molecule has 0 heterocycles. The van der Waals surface area contributed by atoms with Gasteiger partial charge < -0.3 is 4.90 Å². The number of halogens is 1. The van der Waals surface area contributed by atoms with Crippen LogP contribution in [-0.4, -0.2) is 28.8 Å². The highest BCUT2D eigenvalue weighted by molar-refractivity contribution is 6.30. The van der Waals surface area contributed by atoms with E-state index in [0.717, 1.165) is 12.8 Å². The van der Waals surface area contributed by atoms with E-state index in [1.54, 1.807) is 13.0 Å². The molecule has 0 spiro atoms. The average molecular weight is 188 g/mol. The quantitative estimate of drug-likeness (QED) is 0.486. The maximum atomic E-state index is 11.5. The average Bonchev–Trinajstić information content (AvgIpc) is 2.81. The molecule has 0 aromatic carbocycles. The van der Waals surface area contributed by atoms with E-state index in [0.29, 0.717) is 12.6 Å². The van der Waals surface area contributed by atoms with E-state index >= 15 is 0 Å². The molecule has 0 aliphatic heterocycles. The summed E-state index contributed by atoms with van der Waals surface area (Å²) in [6.07, 6.45) is 3.97. The van der Waals surface area contributed by atoms with E-state index in [1.165, 1.54) is 0 Å². The van der Waals surface area contributed by atoms with Crippen LogP contribution in [-0.2, 0) is 4.79 Å². The molecular formula is C9H14ClNO. The van der Waals surface area contributed by atoms with Crippen LogP contribution in [0.5, 0.6) is 0 Å². The Labute approximate surface area is 78.2 Å². The molecule has 1 aliphatic rings. The molecule has 0 radical (unpaired) electrons. The fourth-order valence-corrected chi connectivity index (χ4v) is 1.30. The first-order valence-corrected chi connectivity index (χ1v) is 4.66. The lowest BCUT2D eigenvalue weighted by molar-refractivity contribution is -0.130. The summed E-state index contributed by atoms with van der Waals surface area (Å²) in [6.45, 7) is 5.95. The van der Waals surface area contributed by atoms with Crippen molar-refractivity contribution in [2.45, 2.75) is 31.2 Å². The zero-order valence-corrected chi connectivity index (χ0v) is 8.05. The molecule has 1 atom stereocenters. The Morgan fingerprint density at radius 1 is 1.83 bits per heavy atom. The van der Waals surface area contributed by atoms with Gasteiger partial charge in [-0.3, -0.25) is 4.79 Å². The van der Waals surface area contributed by atoms with Crippen LogP contribution in [0, 0.1) is 0 Å². The van der Waals surface area contributed by atoms with Gasteiger partial charge in [0.15, 0.2) is 0 Å². The van der Waals surface area contributed by atoms with Gasteiger partial charge in [0.05, 0.1) is 0 Å². The normalized spacial score (nSPS) is 18.5. The van der Waals surface area contributed by atoms with Crippen molar-refractivity contribution in [3.63, 3.8) is 0 Å². The molecule has 1 saturated carbocycles. The fraction of sp³-hybridized carbons (Fsp3) is 0.667. The number of carbonyl (C=O) groups is 1. The van der Waals surface area contributed by atoms with Crippen molar-refractivity contribution in [1.29, 1.82) is 0 Å². The summed E-state index contributed by atoms with van der Waals surface area (Å²) >= 11 is 5.71. The van der Waals surface area contributed by atoms with Crippen molar-refractivity contribution in [1.82, 2.24) is 4.90 Å². The highest BCUT2D eigenvalue weighted by Gasteiger charge is 2.32. The van der Waals surface area contributed by atoms with Crippen molar-refractivity contribution in [3.05, 3.63) is 12.7 Å². The van der Waals surface area contributed by atoms with Gasteiger partial charge in [0.1, 0.15) is 5.38 Å². The van der Waals surface area contributed by atoms with Gasteiger partial charge in [-0.15, -0.1) is 18.2 Å². The standard InChI is InChI=1S/C9H14ClNO/c1-3-6-11(8-4-5-8)9(12)7(2)10/h3,7-8H,1,4-6H2,2H3. The molecular weight excluding hydrogens is 174 g/mol. The summed E-state index contributed by atoms with van der Waals surface area (Å²) in [5.41, 5.74) is 0. The first-order chi connectivity index (χ1) is 5.66. The number of rotatable bonds is 4. The number of hydrogen-bond acceptors (Lipinski definition) is 1. The molecule has 0 N–H and O–H groups in total. The Balaban J connectivity index is 2.51. The predicted octanol–water partition coefficient (Wildman–Crippen LogP) is 1.79. The third-order valence-electron chi connectivity index (χ3n) is 1.94. The molecule has 12 heavy (non-hydrogen) atoms. The first-order valence-electron chi connectivity index (χ1n) is 4.22. The molecule has 1 fully saturated rings. The molecule has 1 aliphatic carbocycles. The first kappa shape index (κ1) is 9.59. The number of alkyl halides is 1. The molecule has 0 saturated heterocycles. The highest BCUT2D eigenvalue weighted by Crippen LogP contribution is 2.27. The van der Waals surface area contributed by atoms with E-state index in [4.69, 9.17) is 11.6 Å².